The summed E-state index contributed by atoms with van der Waals surface area (Å²) >= 11 is 0. The molecule has 0 spiro atoms. The zero-order chi connectivity index (χ0) is 20.5. The second-order valence-corrected chi connectivity index (χ2v) is 7.70. The smallest absolute Gasteiger partial charge is 0.293 e. The molecule has 0 aliphatic carbocycles. The summed E-state index contributed by atoms with van der Waals surface area (Å²) in [6, 6.07) is 0. The van der Waals surface area contributed by atoms with Gasteiger partial charge in [-0.2, -0.15) is 16.6 Å². The first-order valence-electron chi connectivity index (χ1n) is 11.6. The molecule has 28 heavy (non-hydrogen) atoms. The second-order valence-electron chi connectivity index (χ2n) is 7.70. The largest absolute Gasteiger partial charge is 0.465 e. The minimum absolute atomic E-state index is 0.149. The van der Waals surface area contributed by atoms with E-state index in [1.807, 2.05) is 0 Å². The van der Waals surface area contributed by atoms with Crippen molar-refractivity contribution >= 4 is 6.47 Å². The molecule has 168 valence electrons. The van der Waals surface area contributed by atoms with Crippen LogP contribution in [0.5, 0.6) is 0 Å². The van der Waals surface area contributed by atoms with Crippen molar-refractivity contribution in [2.24, 2.45) is 5.84 Å². The minimum atomic E-state index is 0.149. The SMILES string of the molecule is CCCCC(CCCCCCCCCCCCCCCNNNNN)OC=O. The molecule has 0 saturated heterocycles. The van der Waals surface area contributed by atoms with Crippen LogP contribution in [-0.4, -0.2) is 19.1 Å². The Balaban J connectivity index is 3.18. The van der Waals surface area contributed by atoms with E-state index in [0.29, 0.717) is 6.47 Å². The predicted octanol–water partition coefficient (Wildman–Crippen LogP) is 4.16. The molecule has 0 aromatic heterocycles. The van der Waals surface area contributed by atoms with Crippen molar-refractivity contribution in [1.82, 2.24) is 22.0 Å². The fourth-order valence-electron chi connectivity index (χ4n) is 3.46. The van der Waals surface area contributed by atoms with Crippen LogP contribution >= 0.6 is 0 Å². The van der Waals surface area contributed by atoms with E-state index in [0.717, 1.165) is 25.8 Å². The van der Waals surface area contributed by atoms with Gasteiger partial charge in [0.25, 0.3) is 6.47 Å². The highest BCUT2D eigenvalue weighted by Gasteiger charge is 2.07. The van der Waals surface area contributed by atoms with Gasteiger partial charge in [-0.15, -0.1) is 0 Å². The first-order chi connectivity index (χ1) is 13.8. The number of nitrogens with two attached hydrogens (primary N) is 1. The van der Waals surface area contributed by atoms with Gasteiger partial charge in [-0.25, -0.2) is 5.43 Å². The molecule has 0 aromatic rings. The molecule has 7 nitrogen and oxygen atoms in total. The van der Waals surface area contributed by atoms with Crippen LogP contribution in [0.25, 0.3) is 0 Å². The van der Waals surface area contributed by atoms with Crippen molar-refractivity contribution in [3.63, 3.8) is 0 Å². The lowest BCUT2D eigenvalue weighted by atomic mass is 10.0. The van der Waals surface area contributed by atoms with Gasteiger partial charge < -0.3 is 4.74 Å². The fraction of sp³-hybridized carbons (Fsp3) is 0.952. The molecule has 0 aliphatic rings. The highest BCUT2D eigenvalue weighted by molar-refractivity contribution is 5.37. The molecule has 0 fully saturated rings. The fourth-order valence-corrected chi connectivity index (χ4v) is 3.46. The standard InChI is InChI=1S/C21H47N5O2/c1-2-3-17-21(28-20-27)18-15-13-11-9-7-5-4-6-8-10-12-14-16-19-23-25-26-24-22/h20-21,23-26H,2-19,22H2,1H3. The molecule has 0 radical (unpaired) electrons. The molecule has 0 bridgehead atoms. The van der Waals surface area contributed by atoms with Crippen LogP contribution < -0.4 is 27.9 Å². The van der Waals surface area contributed by atoms with Crippen molar-refractivity contribution in [2.45, 2.75) is 122 Å². The maximum atomic E-state index is 10.5. The van der Waals surface area contributed by atoms with Crippen LogP contribution in [0.3, 0.4) is 0 Å². The molecular weight excluding hydrogens is 354 g/mol. The molecule has 7 heteroatoms. The van der Waals surface area contributed by atoms with Gasteiger partial charge in [-0.3, -0.25) is 10.6 Å². The molecule has 1 unspecified atom stereocenters. The summed E-state index contributed by atoms with van der Waals surface area (Å²) in [5.41, 5.74) is 10.6. The lowest BCUT2D eigenvalue weighted by Crippen LogP contribution is -2.53. The molecule has 0 aliphatic heterocycles. The van der Waals surface area contributed by atoms with Crippen molar-refractivity contribution in [3.8, 4) is 0 Å². The van der Waals surface area contributed by atoms with Crippen molar-refractivity contribution in [3.05, 3.63) is 0 Å². The van der Waals surface area contributed by atoms with Crippen molar-refractivity contribution < 1.29 is 9.53 Å². The Hall–Kier alpha value is -0.730. The summed E-state index contributed by atoms with van der Waals surface area (Å²) in [7, 11) is 0. The quantitative estimate of drug-likeness (QED) is 0.0716. The van der Waals surface area contributed by atoms with Crippen LogP contribution in [0, 0.1) is 0 Å². The third-order valence-electron chi connectivity index (χ3n) is 5.18. The predicted molar refractivity (Wildman–Crippen MR) is 117 cm³/mol. The summed E-state index contributed by atoms with van der Waals surface area (Å²) in [6.07, 6.45) is 21.7. The van der Waals surface area contributed by atoms with Crippen LogP contribution in [0.1, 0.15) is 116 Å². The van der Waals surface area contributed by atoms with Gasteiger partial charge in [-0.1, -0.05) is 90.4 Å². The number of carbonyl (C=O) groups is 1. The summed E-state index contributed by atoms with van der Waals surface area (Å²) in [4.78, 5) is 10.5. The molecular formula is C21H47N5O2. The number of unbranched alkanes of at least 4 members (excludes halogenated alkanes) is 13. The number of hydrogen-bond donors (Lipinski definition) is 5. The monoisotopic (exact) mass is 401 g/mol. The van der Waals surface area contributed by atoms with E-state index in [2.05, 4.69) is 29.0 Å². The Kier molecular flexibility index (Phi) is 23.7. The average molecular weight is 402 g/mol. The third kappa shape index (κ3) is 21.6. The molecule has 0 saturated carbocycles. The van der Waals surface area contributed by atoms with E-state index in [4.69, 9.17) is 10.6 Å². The van der Waals surface area contributed by atoms with Gasteiger partial charge in [0.1, 0.15) is 6.10 Å². The Bertz CT molecular complexity index is 309. The first kappa shape index (κ1) is 27.3. The topological polar surface area (TPSA) is 100 Å². The molecule has 0 aromatic carbocycles. The van der Waals surface area contributed by atoms with Crippen molar-refractivity contribution in [1.29, 1.82) is 0 Å². The summed E-state index contributed by atoms with van der Waals surface area (Å²) < 4.78 is 5.18. The highest BCUT2D eigenvalue weighted by Crippen LogP contribution is 2.15. The van der Waals surface area contributed by atoms with E-state index in [-0.39, 0.29) is 6.10 Å². The summed E-state index contributed by atoms with van der Waals surface area (Å²) in [6.45, 7) is 3.74. The van der Waals surface area contributed by atoms with Crippen LogP contribution in [0.15, 0.2) is 0 Å². The zero-order valence-corrected chi connectivity index (χ0v) is 18.3. The zero-order valence-electron chi connectivity index (χ0n) is 18.3. The Morgan fingerprint density at radius 3 is 1.75 bits per heavy atom. The maximum Gasteiger partial charge on any atom is 0.293 e. The number of ether oxygens (including phenoxy) is 1. The van der Waals surface area contributed by atoms with Gasteiger partial charge in [0.15, 0.2) is 0 Å². The van der Waals surface area contributed by atoms with Crippen molar-refractivity contribution in [2.75, 3.05) is 6.54 Å². The molecule has 0 amide bonds. The van der Waals surface area contributed by atoms with Gasteiger partial charge >= 0.3 is 0 Å². The lowest BCUT2D eigenvalue weighted by Gasteiger charge is -2.14. The molecule has 0 heterocycles. The van der Waals surface area contributed by atoms with Gasteiger partial charge in [0.05, 0.1) is 0 Å². The molecule has 0 rings (SSSR count). The second kappa shape index (κ2) is 24.3. The third-order valence-corrected chi connectivity index (χ3v) is 5.18. The Morgan fingerprint density at radius 2 is 1.25 bits per heavy atom. The Labute approximate surface area is 173 Å². The Morgan fingerprint density at radius 1 is 0.750 bits per heavy atom. The van der Waals surface area contributed by atoms with Crippen LogP contribution in [-0.2, 0) is 9.53 Å². The van der Waals surface area contributed by atoms with Gasteiger partial charge in [-0.05, 0) is 25.7 Å². The van der Waals surface area contributed by atoms with Crippen LogP contribution in [0.4, 0.5) is 0 Å². The highest BCUT2D eigenvalue weighted by atomic mass is 16.5. The summed E-state index contributed by atoms with van der Waals surface area (Å²) in [5, 5.41) is 0. The van der Waals surface area contributed by atoms with Gasteiger partial charge in [0, 0.05) is 6.54 Å². The number of carbonyl (C=O) groups excluding carboxylic acids is 1. The number of nitrogens with one attached hydrogen (secondary N) is 4. The lowest BCUT2D eigenvalue weighted by molar-refractivity contribution is -0.134. The van der Waals surface area contributed by atoms with E-state index in [1.54, 1.807) is 0 Å². The molecule has 1 atom stereocenters. The van der Waals surface area contributed by atoms with Crippen LogP contribution in [0.2, 0.25) is 0 Å². The van der Waals surface area contributed by atoms with E-state index >= 15 is 0 Å². The minimum Gasteiger partial charge on any atom is -0.465 e. The summed E-state index contributed by atoms with van der Waals surface area (Å²) in [5.74, 6) is 5.05. The first-order valence-corrected chi connectivity index (χ1v) is 11.6. The van der Waals surface area contributed by atoms with E-state index in [1.165, 1.54) is 89.9 Å². The average Bonchev–Trinajstić information content (AvgIpc) is 2.71. The van der Waals surface area contributed by atoms with E-state index < -0.39 is 0 Å². The normalized spacial score (nSPS) is 12.2. The number of hydrazine groups is 4. The molecule has 6 N–H and O–H groups in total. The number of hydrogen-bond acceptors (Lipinski definition) is 7. The van der Waals surface area contributed by atoms with E-state index in [9.17, 15) is 4.79 Å². The maximum absolute atomic E-state index is 10.5. The number of rotatable bonds is 24. The van der Waals surface area contributed by atoms with Gasteiger partial charge in [0.2, 0.25) is 0 Å².